The highest BCUT2D eigenvalue weighted by molar-refractivity contribution is 5.24. The van der Waals surface area contributed by atoms with Crippen LogP contribution in [0.15, 0.2) is 54.6 Å². The second kappa shape index (κ2) is 8.87. The lowest BCUT2D eigenvalue weighted by Gasteiger charge is -2.41. The van der Waals surface area contributed by atoms with Gasteiger partial charge in [0, 0.05) is 45.4 Å². The summed E-state index contributed by atoms with van der Waals surface area (Å²) in [5, 5.41) is 9.43. The van der Waals surface area contributed by atoms with E-state index in [2.05, 4.69) is 21.9 Å². The van der Waals surface area contributed by atoms with Crippen molar-refractivity contribution in [2.75, 3.05) is 26.2 Å². The van der Waals surface area contributed by atoms with Gasteiger partial charge >= 0.3 is 6.18 Å². The number of hydrogen-bond donors (Lipinski definition) is 1. The first-order valence-corrected chi connectivity index (χ1v) is 9.23. The van der Waals surface area contributed by atoms with Gasteiger partial charge in [-0.05, 0) is 29.7 Å². The molecular formula is C21H25F3N2O. The quantitative estimate of drug-likeness (QED) is 0.829. The summed E-state index contributed by atoms with van der Waals surface area (Å²) in [6, 6.07) is 15.9. The molecule has 0 aliphatic carbocycles. The van der Waals surface area contributed by atoms with Crippen LogP contribution in [-0.4, -0.2) is 47.2 Å². The van der Waals surface area contributed by atoms with Gasteiger partial charge in [0.1, 0.15) is 0 Å². The zero-order valence-corrected chi connectivity index (χ0v) is 15.2. The van der Waals surface area contributed by atoms with E-state index >= 15 is 0 Å². The largest absolute Gasteiger partial charge is 0.416 e. The smallest absolute Gasteiger partial charge is 0.396 e. The first kappa shape index (κ1) is 19.9. The van der Waals surface area contributed by atoms with Crippen molar-refractivity contribution < 1.29 is 18.3 Å². The molecule has 2 aromatic rings. The molecule has 0 radical (unpaired) electrons. The summed E-state index contributed by atoms with van der Waals surface area (Å²) < 4.78 is 38.1. The zero-order valence-electron chi connectivity index (χ0n) is 15.2. The Morgan fingerprint density at radius 1 is 0.889 bits per heavy atom. The van der Waals surface area contributed by atoms with Crippen molar-refractivity contribution in [3.63, 3.8) is 0 Å². The molecular weight excluding hydrogens is 353 g/mol. The normalized spacial score (nSPS) is 19.3. The van der Waals surface area contributed by atoms with E-state index in [-0.39, 0.29) is 12.6 Å². The SMILES string of the molecule is OCC[C@H]1CN(Cc2ccc(C(F)(F)F)cc2)CCN1Cc1ccccc1. The van der Waals surface area contributed by atoms with Crippen LogP contribution in [0.5, 0.6) is 0 Å². The fraction of sp³-hybridized carbons (Fsp3) is 0.429. The minimum atomic E-state index is -4.30. The Morgan fingerprint density at radius 3 is 2.19 bits per heavy atom. The topological polar surface area (TPSA) is 26.7 Å². The molecule has 3 rings (SSSR count). The van der Waals surface area contributed by atoms with Gasteiger partial charge in [-0.25, -0.2) is 0 Å². The van der Waals surface area contributed by atoms with Crippen molar-refractivity contribution in [1.29, 1.82) is 0 Å². The number of aliphatic hydroxyl groups excluding tert-OH is 1. The average molecular weight is 378 g/mol. The number of hydrogen-bond acceptors (Lipinski definition) is 3. The number of aliphatic hydroxyl groups is 1. The molecule has 0 spiro atoms. The van der Waals surface area contributed by atoms with E-state index in [0.29, 0.717) is 13.0 Å². The highest BCUT2D eigenvalue weighted by Gasteiger charge is 2.30. The highest BCUT2D eigenvalue weighted by Crippen LogP contribution is 2.29. The van der Waals surface area contributed by atoms with E-state index in [0.717, 1.165) is 43.9 Å². The number of rotatable bonds is 6. The second-order valence-corrected chi connectivity index (χ2v) is 7.05. The maximum Gasteiger partial charge on any atom is 0.416 e. The molecule has 1 fully saturated rings. The van der Waals surface area contributed by atoms with Crippen LogP contribution in [0, 0.1) is 0 Å². The van der Waals surface area contributed by atoms with Gasteiger partial charge in [-0.2, -0.15) is 13.2 Å². The third-order valence-electron chi connectivity index (χ3n) is 5.07. The Balaban J connectivity index is 1.60. The van der Waals surface area contributed by atoms with Gasteiger partial charge in [0.25, 0.3) is 0 Å². The molecule has 0 amide bonds. The molecule has 146 valence electrons. The molecule has 3 nitrogen and oxygen atoms in total. The zero-order chi connectivity index (χ0) is 19.3. The molecule has 0 saturated carbocycles. The Bertz CT molecular complexity index is 704. The van der Waals surface area contributed by atoms with E-state index < -0.39 is 11.7 Å². The fourth-order valence-electron chi connectivity index (χ4n) is 3.61. The second-order valence-electron chi connectivity index (χ2n) is 7.05. The number of benzene rings is 2. The van der Waals surface area contributed by atoms with Crippen molar-refractivity contribution >= 4 is 0 Å². The van der Waals surface area contributed by atoms with Crippen LogP contribution in [0.25, 0.3) is 0 Å². The fourth-order valence-corrected chi connectivity index (χ4v) is 3.61. The maximum atomic E-state index is 12.7. The summed E-state index contributed by atoms with van der Waals surface area (Å²) in [7, 11) is 0. The summed E-state index contributed by atoms with van der Waals surface area (Å²) in [5.41, 5.74) is 1.51. The number of alkyl halides is 3. The summed E-state index contributed by atoms with van der Waals surface area (Å²) in [5.74, 6) is 0. The van der Waals surface area contributed by atoms with Gasteiger partial charge in [-0.15, -0.1) is 0 Å². The van der Waals surface area contributed by atoms with Crippen LogP contribution in [-0.2, 0) is 19.3 Å². The molecule has 1 heterocycles. The lowest BCUT2D eigenvalue weighted by molar-refractivity contribution is -0.137. The predicted molar refractivity (Wildman–Crippen MR) is 99.1 cm³/mol. The number of halogens is 3. The van der Waals surface area contributed by atoms with Crippen molar-refractivity contribution in [3.05, 3.63) is 71.3 Å². The monoisotopic (exact) mass is 378 g/mol. The van der Waals surface area contributed by atoms with Gasteiger partial charge in [0.2, 0.25) is 0 Å². The van der Waals surface area contributed by atoms with Crippen LogP contribution in [0.1, 0.15) is 23.1 Å². The Labute approximate surface area is 158 Å². The summed E-state index contributed by atoms with van der Waals surface area (Å²) >= 11 is 0. The molecule has 1 atom stereocenters. The molecule has 0 aromatic heterocycles. The third kappa shape index (κ3) is 5.54. The van der Waals surface area contributed by atoms with Gasteiger partial charge in [0.15, 0.2) is 0 Å². The van der Waals surface area contributed by atoms with Gasteiger partial charge in [0.05, 0.1) is 5.56 Å². The maximum absolute atomic E-state index is 12.7. The van der Waals surface area contributed by atoms with Crippen molar-refractivity contribution in [2.45, 2.75) is 31.7 Å². The molecule has 1 aliphatic heterocycles. The molecule has 1 aliphatic rings. The molecule has 0 bridgehead atoms. The first-order chi connectivity index (χ1) is 13.0. The van der Waals surface area contributed by atoms with Crippen molar-refractivity contribution in [2.24, 2.45) is 0 Å². The molecule has 27 heavy (non-hydrogen) atoms. The average Bonchev–Trinajstić information content (AvgIpc) is 2.65. The Morgan fingerprint density at radius 2 is 1.56 bits per heavy atom. The van der Waals surface area contributed by atoms with Gasteiger partial charge in [-0.1, -0.05) is 42.5 Å². The number of nitrogens with zero attached hydrogens (tertiary/aromatic N) is 2. The van der Waals surface area contributed by atoms with Crippen LogP contribution in [0.3, 0.4) is 0 Å². The minimum absolute atomic E-state index is 0.129. The molecule has 1 N–H and O–H groups in total. The summed E-state index contributed by atoms with van der Waals surface area (Å²) in [6.45, 7) is 4.13. The van der Waals surface area contributed by atoms with E-state index in [4.69, 9.17) is 0 Å². The van der Waals surface area contributed by atoms with Gasteiger partial charge < -0.3 is 5.11 Å². The van der Waals surface area contributed by atoms with Crippen LogP contribution in [0.4, 0.5) is 13.2 Å². The van der Waals surface area contributed by atoms with E-state index in [1.807, 2.05) is 18.2 Å². The van der Waals surface area contributed by atoms with E-state index in [9.17, 15) is 18.3 Å². The molecule has 1 saturated heterocycles. The molecule has 6 heteroatoms. The third-order valence-corrected chi connectivity index (χ3v) is 5.07. The van der Waals surface area contributed by atoms with Gasteiger partial charge in [-0.3, -0.25) is 9.80 Å². The summed E-state index contributed by atoms with van der Waals surface area (Å²) in [4.78, 5) is 4.64. The Hall–Kier alpha value is -1.89. The molecule has 0 unspecified atom stereocenters. The van der Waals surface area contributed by atoms with Crippen molar-refractivity contribution in [1.82, 2.24) is 9.80 Å². The lowest BCUT2D eigenvalue weighted by atomic mass is 10.1. The van der Waals surface area contributed by atoms with Crippen molar-refractivity contribution in [3.8, 4) is 0 Å². The Kier molecular flexibility index (Phi) is 6.52. The van der Waals surface area contributed by atoms with E-state index in [1.165, 1.54) is 5.56 Å². The molecule has 2 aromatic carbocycles. The minimum Gasteiger partial charge on any atom is -0.396 e. The highest BCUT2D eigenvalue weighted by atomic mass is 19.4. The summed E-state index contributed by atoms with van der Waals surface area (Å²) in [6.07, 6.45) is -3.61. The lowest BCUT2D eigenvalue weighted by Crippen LogP contribution is -2.52. The predicted octanol–water partition coefficient (Wildman–Crippen LogP) is 3.77. The van der Waals surface area contributed by atoms with Crippen LogP contribution >= 0.6 is 0 Å². The van der Waals surface area contributed by atoms with E-state index in [1.54, 1.807) is 12.1 Å². The number of piperazine rings is 1. The van der Waals surface area contributed by atoms with Crippen LogP contribution in [0.2, 0.25) is 0 Å². The first-order valence-electron chi connectivity index (χ1n) is 9.23. The van der Waals surface area contributed by atoms with Crippen LogP contribution < -0.4 is 0 Å². The standard InChI is InChI=1S/C21H25F3N2O/c22-21(23,24)19-8-6-18(7-9-19)14-25-11-12-26(20(16-25)10-13-27)15-17-4-2-1-3-5-17/h1-9,20,27H,10-16H2/t20-/m0/s1.